The molecule has 0 radical (unpaired) electrons. The quantitative estimate of drug-likeness (QED) is 0.527. The van der Waals surface area contributed by atoms with Gasteiger partial charge in [0, 0.05) is 17.3 Å². The number of amides is 1. The van der Waals surface area contributed by atoms with E-state index in [9.17, 15) is 23.1 Å². The summed E-state index contributed by atoms with van der Waals surface area (Å²) >= 11 is 0.876. The van der Waals surface area contributed by atoms with Crippen LogP contribution < -0.4 is 5.14 Å². The molecular weight excluding hydrogens is 463 g/mol. The van der Waals surface area contributed by atoms with Gasteiger partial charge in [-0.1, -0.05) is 33.3 Å². The van der Waals surface area contributed by atoms with Gasteiger partial charge in [-0.2, -0.15) is 17.5 Å². The third kappa shape index (κ3) is 6.72. The van der Waals surface area contributed by atoms with Crippen molar-refractivity contribution in [1.82, 2.24) is 4.98 Å². The van der Waals surface area contributed by atoms with Crippen molar-refractivity contribution in [2.24, 2.45) is 33.2 Å². The fraction of sp³-hybridized carbons (Fsp3) is 0.619. The summed E-state index contributed by atoms with van der Waals surface area (Å²) in [6.07, 6.45) is 3.19. The molecule has 11 heteroatoms. The molecule has 3 unspecified atom stereocenters. The monoisotopic (exact) mass is 493 g/mol. The van der Waals surface area contributed by atoms with Gasteiger partial charge in [-0.15, -0.1) is 11.3 Å². The van der Waals surface area contributed by atoms with Gasteiger partial charge < -0.3 is 9.84 Å². The normalized spacial score (nSPS) is 20.7. The van der Waals surface area contributed by atoms with E-state index in [1.54, 1.807) is 12.2 Å². The molecule has 1 aliphatic rings. The van der Waals surface area contributed by atoms with Crippen LogP contribution in [0.4, 0.5) is 13.2 Å². The second-order valence-corrected chi connectivity index (χ2v) is 11.3. The summed E-state index contributed by atoms with van der Waals surface area (Å²) in [6.45, 7) is 7.73. The van der Waals surface area contributed by atoms with Crippen LogP contribution in [0.5, 0.6) is 0 Å². The molecule has 180 valence electrons. The lowest BCUT2D eigenvalue weighted by molar-refractivity contribution is -0.118. The van der Waals surface area contributed by atoms with Crippen LogP contribution in [0.25, 0.3) is 0 Å². The third-order valence-corrected chi connectivity index (χ3v) is 7.93. The fourth-order valence-electron chi connectivity index (χ4n) is 3.58. The number of alkyl halides is 2. The van der Waals surface area contributed by atoms with Gasteiger partial charge in [0.15, 0.2) is 0 Å². The third-order valence-electron chi connectivity index (χ3n) is 5.09. The highest BCUT2D eigenvalue weighted by molar-refractivity contribution is 7.87. The fourth-order valence-corrected chi connectivity index (χ4v) is 5.55. The van der Waals surface area contributed by atoms with Gasteiger partial charge in [0.1, 0.15) is 20.6 Å². The molecule has 6 nitrogen and oxygen atoms in total. The van der Waals surface area contributed by atoms with Gasteiger partial charge in [0.2, 0.25) is 5.95 Å². The van der Waals surface area contributed by atoms with E-state index in [0.717, 1.165) is 16.9 Å². The minimum atomic E-state index is -2.94. The Labute approximate surface area is 193 Å². The molecule has 3 N–H and O–H groups in total. The number of carbonyl (C=O) groups excluding carboxylic acids is 1. The first-order chi connectivity index (χ1) is 14.7. The van der Waals surface area contributed by atoms with Gasteiger partial charge in [-0.25, -0.2) is 4.98 Å². The molecule has 0 aromatic carbocycles. The Morgan fingerprint density at radius 1 is 1.38 bits per heavy atom. The molecular formula is C21H30F3N3O3S2. The SMILES string of the molecule is CC(C)C1=CC(OC(F)F)=CC(C(C)C)C1CC(=O)N=S(N)c1sc(C(C)(C)O)nc1F. The number of aromatic nitrogens is 1. The predicted molar refractivity (Wildman–Crippen MR) is 119 cm³/mol. The van der Waals surface area contributed by atoms with Crippen LogP contribution in [0.1, 0.15) is 53.0 Å². The maximum Gasteiger partial charge on any atom is 0.387 e. The first-order valence-corrected chi connectivity index (χ1v) is 12.3. The minimum Gasteiger partial charge on any atom is -0.435 e. The van der Waals surface area contributed by atoms with Crippen LogP contribution in [-0.2, 0) is 26.0 Å². The number of carbonyl (C=O) groups is 1. The summed E-state index contributed by atoms with van der Waals surface area (Å²) < 4.78 is 48.4. The van der Waals surface area contributed by atoms with Gasteiger partial charge in [-0.05, 0) is 49.7 Å². The second-order valence-electron chi connectivity index (χ2n) is 8.83. The highest BCUT2D eigenvalue weighted by atomic mass is 32.2. The second kappa shape index (κ2) is 10.6. The molecule has 3 atom stereocenters. The Balaban J connectivity index is 2.31. The van der Waals surface area contributed by atoms with Gasteiger partial charge >= 0.3 is 6.61 Å². The Morgan fingerprint density at radius 2 is 2.00 bits per heavy atom. The molecule has 1 amide bonds. The lowest BCUT2D eigenvalue weighted by atomic mass is 9.71. The van der Waals surface area contributed by atoms with Crippen LogP contribution in [0.15, 0.2) is 32.1 Å². The topological polar surface area (TPSA) is 97.8 Å². The van der Waals surface area contributed by atoms with Crippen LogP contribution in [0.2, 0.25) is 0 Å². The van der Waals surface area contributed by atoms with Crippen molar-refractivity contribution >= 4 is 28.1 Å². The van der Waals surface area contributed by atoms with Crippen molar-refractivity contribution in [2.45, 2.75) is 64.4 Å². The van der Waals surface area contributed by atoms with Crippen LogP contribution in [0, 0.1) is 29.6 Å². The smallest absolute Gasteiger partial charge is 0.387 e. The van der Waals surface area contributed by atoms with Crippen molar-refractivity contribution in [3.63, 3.8) is 0 Å². The number of hydrogen-bond donors (Lipinski definition) is 2. The van der Waals surface area contributed by atoms with Crippen molar-refractivity contribution < 1.29 is 27.8 Å². The molecule has 0 spiro atoms. The molecule has 0 saturated heterocycles. The van der Waals surface area contributed by atoms with Crippen LogP contribution in [-0.4, -0.2) is 22.6 Å². The molecule has 1 aliphatic carbocycles. The Bertz CT molecular complexity index is 934. The highest BCUT2D eigenvalue weighted by Crippen LogP contribution is 2.40. The Kier molecular flexibility index (Phi) is 8.82. The molecule has 1 heterocycles. The zero-order valence-electron chi connectivity index (χ0n) is 18.9. The number of nitrogens with two attached hydrogens (primary N) is 1. The van der Waals surface area contributed by atoms with E-state index in [1.165, 1.54) is 13.8 Å². The number of nitrogens with zero attached hydrogens (tertiary/aromatic N) is 2. The maximum atomic E-state index is 14.2. The summed E-state index contributed by atoms with van der Waals surface area (Å²) in [5.41, 5.74) is -0.526. The number of aliphatic hydroxyl groups is 1. The highest BCUT2D eigenvalue weighted by Gasteiger charge is 2.34. The largest absolute Gasteiger partial charge is 0.435 e. The van der Waals surface area contributed by atoms with Crippen LogP contribution >= 0.6 is 11.3 Å². The molecule has 32 heavy (non-hydrogen) atoms. The average molecular weight is 494 g/mol. The van der Waals surface area contributed by atoms with E-state index in [2.05, 4.69) is 14.1 Å². The lowest BCUT2D eigenvalue weighted by Crippen LogP contribution is -2.28. The zero-order chi connectivity index (χ0) is 24.4. The maximum absolute atomic E-state index is 14.2. The van der Waals surface area contributed by atoms with Gasteiger partial charge in [0.05, 0.1) is 0 Å². The summed E-state index contributed by atoms with van der Waals surface area (Å²) in [4.78, 5) is 16.5. The number of hydrogen-bond acceptors (Lipinski definition) is 5. The first-order valence-electron chi connectivity index (χ1n) is 10.2. The molecule has 2 rings (SSSR count). The summed E-state index contributed by atoms with van der Waals surface area (Å²) in [5.74, 6) is -1.72. The number of halogens is 3. The van der Waals surface area contributed by atoms with E-state index in [-0.39, 0.29) is 45.1 Å². The van der Waals surface area contributed by atoms with Crippen molar-refractivity contribution in [2.75, 3.05) is 0 Å². The molecule has 1 aromatic heterocycles. The zero-order valence-corrected chi connectivity index (χ0v) is 20.6. The van der Waals surface area contributed by atoms with E-state index >= 15 is 0 Å². The Morgan fingerprint density at radius 3 is 2.47 bits per heavy atom. The van der Waals surface area contributed by atoms with Gasteiger partial charge in [0.25, 0.3) is 5.91 Å². The Hall–Kier alpha value is -1.56. The van der Waals surface area contributed by atoms with E-state index < -0.39 is 34.9 Å². The minimum absolute atomic E-state index is 0.00475. The summed E-state index contributed by atoms with van der Waals surface area (Å²) in [7, 11) is -1.57. The lowest BCUT2D eigenvalue weighted by Gasteiger charge is -2.34. The van der Waals surface area contributed by atoms with E-state index in [0.29, 0.717) is 0 Å². The van der Waals surface area contributed by atoms with Gasteiger partial charge in [-0.3, -0.25) is 9.93 Å². The van der Waals surface area contributed by atoms with Crippen LogP contribution in [0.3, 0.4) is 0 Å². The molecule has 0 bridgehead atoms. The molecule has 0 saturated carbocycles. The van der Waals surface area contributed by atoms with E-state index in [1.807, 2.05) is 27.7 Å². The number of allylic oxidation sites excluding steroid dienone is 3. The number of ether oxygens (including phenoxy) is 1. The summed E-state index contributed by atoms with van der Waals surface area (Å²) in [6, 6.07) is 0. The van der Waals surface area contributed by atoms with Crippen molar-refractivity contribution in [3.8, 4) is 0 Å². The van der Waals surface area contributed by atoms with Crippen molar-refractivity contribution in [1.29, 1.82) is 0 Å². The standard InChI is InChI=1S/C21H30F3N3O3S2/c1-10(2)13-7-12(30-20(23)24)8-14(11(3)4)15(13)9-16(28)27-32(25)18-17(22)26-19(31-18)21(5,6)29/h7-8,10-11,13,15,20,29H,9H2,1-6H3,(H2,25,27,28). The predicted octanol–water partition coefficient (Wildman–Crippen LogP) is 5.07. The first kappa shape index (κ1) is 26.7. The molecule has 0 aliphatic heterocycles. The van der Waals surface area contributed by atoms with E-state index in [4.69, 9.17) is 5.14 Å². The average Bonchev–Trinajstić information content (AvgIpc) is 3.04. The van der Waals surface area contributed by atoms with Crippen molar-refractivity contribution in [3.05, 3.63) is 34.4 Å². The summed E-state index contributed by atoms with van der Waals surface area (Å²) in [5, 5.41) is 16.1. The molecule has 1 aromatic rings. The number of rotatable bonds is 8. The molecule has 0 fully saturated rings. The number of thiazole rings is 1.